The number of anilines is 1. The summed E-state index contributed by atoms with van der Waals surface area (Å²) in [5.74, 6) is 0.108. The molecule has 180 valence electrons. The standard InChI is InChI=1S/C25H29N3O5S/c1-18(29)28-17-24(33-23-9-5-4-8-22(23)28)25(30)26-12-14-27(15-13-26)34(31,32)21-11-10-19-6-2-3-7-20(19)16-21/h4-5,8-11,16,24H,2-3,6-7,12-15,17H2,1H3/t24-/m0/s1. The molecule has 0 N–H and O–H groups in total. The zero-order valence-corrected chi connectivity index (χ0v) is 20.1. The molecule has 0 spiro atoms. The molecule has 2 aromatic carbocycles. The lowest BCUT2D eigenvalue weighted by Gasteiger charge is -2.39. The number of para-hydroxylation sites is 2. The molecule has 34 heavy (non-hydrogen) atoms. The van der Waals surface area contributed by atoms with E-state index >= 15 is 0 Å². The molecule has 0 saturated carbocycles. The van der Waals surface area contributed by atoms with Crippen LogP contribution in [0.5, 0.6) is 5.75 Å². The normalized spacial score (nSPS) is 20.8. The second-order valence-corrected chi connectivity index (χ2v) is 11.0. The second-order valence-electron chi connectivity index (χ2n) is 9.07. The van der Waals surface area contributed by atoms with Crippen LogP contribution in [0.2, 0.25) is 0 Å². The van der Waals surface area contributed by atoms with Gasteiger partial charge in [0.25, 0.3) is 5.91 Å². The number of carbonyl (C=O) groups is 2. The Labute approximate surface area is 200 Å². The van der Waals surface area contributed by atoms with E-state index in [9.17, 15) is 18.0 Å². The molecule has 1 aliphatic carbocycles. The molecule has 8 nitrogen and oxygen atoms in total. The van der Waals surface area contributed by atoms with Crippen molar-refractivity contribution in [2.24, 2.45) is 0 Å². The Bertz CT molecular complexity index is 1220. The highest BCUT2D eigenvalue weighted by Crippen LogP contribution is 2.34. The number of rotatable bonds is 3. The van der Waals surface area contributed by atoms with Crippen LogP contribution < -0.4 is 9.64 Å². The number of sulfonamides is 1. The fourth-order valence-electron chi connectivity index (χ4n) is 5.03. The van der Waals surface area contributed by atoms with E-state index in [0.29, 0.717) is 16.3 Å². The van der Waals surface area contributed by atoms with Gasteiger partial charge in [0.1, 0.15) is 5.75 Å². The molecule has 0 unspecified atom stereocenters. The summed E-state index contributed by atoms with van der Waals surface area (Å²) in [5.41, 5.74) is 3.03. The van der Waals surface area contributed by atoms with Crippen molar-refractivity contribution < 1.29 is 22.7 Å². The zero-order chi connectivity index (χ0) is 23.9. The summed E-state index contributed by atoms with van der Waals surface area (Å²) in [5, 5.41) is 0. The molecule has 1 saturated heterocycles. The van der Waals surface area contributed by atoms with Gasteiger partial charge in [-0.25, -0.2) is 8.42 Å². The third-order valence-electron chi connectivity index (χ3n) is 6.94. The van der Waals surface area contributed by atoms with Crippen molar-refractivity contribution in [3.63, 3.8) is 0 Å². The van der Waals surface area contributed by atoms with Gasteiger partial charge in [0.05, 0.1) is 17.1 Å². The molecule has 2 aromatic rings. The molecule has 0 bridgehead atoms. The molecule has 0 aromatic heterocycles. The Balaban J connectivity index is 1.26. The molecule has 1 fully saturated rings. The van der Waals surface area contributed by atoms with Crippen LogP contribution in [0.25, 0.3) is 0 Å². The highest BCUT2D eigenvalue weighted by molar-refractivity contribution is 7.89. The van der Waals surface area contributed by atoms with Crippen LogP contribution in [0, 0.1) is 0 Å². The first-order chi connectivity index (χ1) is 16.3. The van der Waals surface area contributed by atoms with Gasteiger partial charge in [-0.15, -0.1) is 0 Å². The lowest BCUT2D eigenvalue weighted by Crippen LogP contribution is -2.56. The summed E-state index contributed by atoms with van der Waals surface area (Å²) in [6.45, 7) is 2.62. The van der Waals surface area contributed by atoms with E-state index in [2.05, 4.69) is 0 Å². The number of aryl methyl sites for hydroxylation is 2. The average Bonchev–Trinajstić information content (AvgIpc) is 2.87. The number of amides is 2. The molecule has 2 amide bonds. The summed E-state index contributed by atoms with van der Waals surface area (Å²) < 4.78 is 33.9. The predicted octanol–water partition coefficient (Wildman–Crippen LogP) is 2.21. The van der Waals surface area contributed by atoms with Crippen molar-refractivity contribution in [3.05, 3.63) is 53.6 Å². The van der Waals surface area contributed by atoms with Crippen molar-refractivity contribution >= 4 is 27.5 Å². The third-order valence-corrected chi connectivity index (χ3v) is 8.83. The van der Waals surface area contributed by atoms with Gasteiger partial charge in [0.2, 0.25) is 15.9 Å². The Morgan fingerprint density at radius 3 is 2.38 bits per heavy atom. The zero-order valence-electron chi connectivity index (χ0n) is 19.3. The number of carbonyl (C=O) groups excluding carboxylic acids is 2. The molecule has 9 heteroatoms. The molecule has 1 atom stereocenters. The molecular weight excluding hydrogens is 454 g/mol. The largest absolute Gasteiger partial charge is 0.476 e. The van der Waals surface area contributed by atoms with Gasteiger partial charge in [-0.1, -0.05) is 18.2 Å². The van der Waals surface area contributed by atoms with Gasteiger partial charge in [-0.3, -0.25) is 9.59 Å². The average molecular weight is 484 g/mol. The fraction of sp³-hybridized carbons (Fsp3) is 0.440. The van der Waals surface area contributed by atoms with Gasteiger partial charge in [0, 0.05) is 33.1 Å². The first-order valence-electron chi connectivity index (χ1n) is 11.8. The minimum absolute atomic E-state index is 0.138. The van der Waals surface area contributed by atoms with Crippen molar-refractivity contribution in [1.29, 1.82) is 0 Å². The number of ether oxygens (including phenoxy) is 1. The Morgan fingerprint density at radius 2 is 1.65 bits per heavy atom. The van der Waals surface area contributed by atoms with Gasteiger partial charge < -0.3 is 14.5 Å². The lowest BCUT2D eigenvalue weighted by atomic mass is 9.92. The Kier molecular flexibility index (Phi) is 6.07. The van der Waals surface area contributed by atoms with Crippen molar-refractivity contribution in [2.75, 3.05) is 37.6 Å². The highest BCUT2D eigenvalue weighted by atomic mass is 32.2. The summed E-state index contributed by atoms with van der Waals surface area (Å²) in [4.78, 5) is 28.9. The van der Waals surface area contributed by atoms with E-state index in [1.54, 1.807) is 34.1 Å². The molecule has 5 rings (SSSR count). The highest BCUT2D eigenvalue weighted by Gasteiger charge is 2.37. The molecule has 2 heterocycles. The molecule has 2 aliphatic heterocycles. The fourth-order valence-corrected chi connectivity index (χ4v) is 6.51. The minimum Gasteiger partial charge on any atom is -0.476 e. The first-order valence-corrected chi connectivity index (χ1v) is 13.2. The predicted molar refractivity (Wildman–Crippen MR) is 127 cm³/mol. The lowest BCUT2D eigenvalue weighted by molar-refractivity contribution is -0.140. The number of hydrogen-bond acceptors (Lipinski definition) is 5. The van der Waals surface area contributed by atoms with E-state index < -0.39 is 16.1 Å². The minimum atomic E-state index is -3.62. The van der Waals surface area contributed by atoms with E-state index in [1.165, 1.54) is 16.8 Å². The van der Waals surface area contributed by atoms with Gasteiger partial charge in [0.15, 0.2) is 6.10 Å². The van der Waals surface area contributed by atoms with Crippen LogP contribution in [0.3, 0.4) is 0 Å². The Hall–Kier alpha value is -2.91. The van der Waals surface area contributed by atoms with Gasteiger partial charge >= 0.3 is 0 Å². The smallest absolute Gasteiger partial charge is 0.265 e. The maximum Gasteiger partial charge on any atom is 0.265 e. The Morgan fingerprint density at radius 1 is 0.941 bits per heavy atom. The van der Waals surface area contributed by atoms with Crippen molar-refractivity contribution in [2.45, 2.75) is 43.6 Å². The van der Waals surface area contributed by atoms with E-state index in [-0.39, 0.29) is 44.5 Å². The summed E-state index contributed by atoms with van der Waals surface area (Å²) in [7, 11) is -3.62. The number of fused-ring (bicyclic) bond motifs is 2. The van der Waals surface area contributed by atoms with Crippen LogP contribution in [0.15, 0.2) is 47.4 Å². The van der Waals surface area contributed by atoms with Gasteiger partial charge in [-0.2, -0.15) is 4.31 Å². The topological polar surface area (TPSA) is 87.2 Å². The van der Waals surface area contributed by atoms with E-state index in [1.807, 2.05) is 18.2 Å². The van der Waals surface area contributed by atoms with E-state index in [4.69, 9.17) is 4.74 Å². The maximum absolute atomic E-state index is 13.3. The van der Waals surface area contributed by atoms with Crippen LogP contribution in [0.4, 0.5) is 5.69 Å². The summed E-state index contributed by atoms with van der Waals surface area (Å²) >= 11 is 0. The number of benzene rings is 2. The van der Waals surface area contributed by atoms with Crippen molar-refractivity contribution in [1.82, 2.24) is 9.21 Å². The third kappa shape index (κ3) is 4.18. The molecule has 0 radical (unpaired) electrons. The van der Waals surface area contributed by atoms with Crippen LogP contribution in [-0.2, 0) is 32.5 Å². The van der Waals surface area contributed by atoms with Crippen LogP contribution >= 0.6 is 0 Å². The van der Waals surface area contributed by atoms with Gasteiger partial charge in [-0.05, 0) is 61.1 Å². The second kappa shape index (κ2) is 9.03. The number of hydrogen-bond donors (Lipinski definition) is 0. The SMILES string of the molecule is CC(=O)N1C[C@@H](C(=O)N2CCN(S(=O)(=O)c3ccc4c(c3)CCCC4)CC2)Oc2ccccc21. The summed E-state index contributed by atoms with van der Waals surface area (Å²) in [6.07, 6.45) is 3.35. The van der Waals surface area contributed by atoms with Crippen LogP contribution in [0.1, 0.15) is 30.9 Å². The molecule has 3 aliphatic rings. The monoisotopic (exact) mass is 483 g/mol. The van der Waals surface area contributed by atoms with E-state index in [0.717, 1.165) is 31.2 Å². The van der Waals surface area contributed by atoms with Crippen molar-refractivity contribution in [3.8, 4) is 5.75 Å². The van der Waals surface area contributed by atoms with Crippen LogP contribution in [-0.4, -0.2) is 68.3 Å². The molecular formula is C25H29N3O5S. The summed E-state index contributed by atoms with van der Waals surface area (Å²) in [6, 6.07) is 12.6. The number of piperazine rings is 1. The quantitative estimate of drug-likeness (QED) is 0.668. The number of nitrogens with zero attached hydrogens (tertiary/aromatic N) is 3. The maximum atomic E-state index is 13.3. The first kappa shape index (κ1) is 22.9.